The molecule has 1 saturated heterocycles. The van der Waals surface area contributed by atoms with Crippen molar-refractivity contribution in [3.63, 3.8) is 0 Å². The van der Waals surface area contributed by atoms with Gasteiger partial charge in [0, 0.05) is 18.0 Å². The van der Waals surface area contributed by atoms with E-state index >= 15 is 0 Å². The van der Waals surface area contributed by atoms with Gasteiger partial charge in [0.1, 0.15) is 6.61 Å². The average molecular weight is 277 g/mol. The highest BCUT2D eigenvalue weighted by Gasteiger charge is 2.27. The van der Waals surface area contributed by atoms with E-state index in [0.29, 0.717) is 17.5 Å². The molecule has 2 unspecified atom stereocenters. The molecule has 0 bridgehead atoms. The summed E-state index contributed by atoms with van der Waals surface area (Å²) in [4.78, 5) is 15.2. The Morgan fingerprint density at radius 2 is 2.37 bits per heavy atom. The summed E-state index contributed by atoms with van der Waals surface area (Å²) in [5, 5.41) is 10.5. The molecule has 0 saturated carbocycles. The number of aliphatic hydroxyl groups excluding tert-OH is 1. The summed E-state index contributed by atoms with van der Waals surface area (Å²) < 4.78 is 0. The molecule has 1 aromatic rings. The number of rotatable bonds is 1. The number of hydrogen-bond acceptors (Lipinski definition) is 3. The van der Waals surface area contributed by atoms with Crippen LogP contribution in [-0.2, 0) is 0 Å². The fourth-order valence-corrected chi connectivity index (χ4v) is 3.26. The lowest BCUT2D eigenvalue weighted by Crippen LogP contribution is -2.44. The van der Waals surface area contributed by atoms with Gasteiger partial charge in [-0.3, -0.25) is 4.79 Å². The first-order valence-electron chi connectivity index (χ1n) is 6.61. The van der Waals surface area contributed by atoms with Gasteiger partial charge in [-0.25, -0.2) is 0 Å². The van der Waals surface area contributed by atoms with Crippen molar-refractivity contribution >= 4 is 17.2 Å². The SMILES string of the molecule is CC1CCN(C(=O)c2csc(C#CCO)c2)C(C)C1. The second-order valence-electron chi connectivity index (χ2n) is 5.14. The Morgan fingerprint density at radius 1 is 1.58 bits per heavy atom. The zero-order valence-corrected chi connectivity index (χ0v) is 12.2. The topological polar surface area (TPSA) is 40.5 Å². The van der Waals surface area contributed by atoms with Gasteiger partial charge < -0.3 is 10.0 Å². The van der Waals surface area contributed by atoms with Gasteiger partial charge in [0.25, 0.3) is 5.91 Å². The zero-order chi connectivity index (χ0) is 13.8. The molecule has 3 nitrogen and oxygen atoms in total. The van der Waals surface area contributed by atoms with Crippen molar-refractivity contribution < 1.29 is 9.90 Å². The predicted molar refractivity (Wildman–Crippen MR) is 77.2 cm³/mol. The molecule has 1 aromatic heterocycles. The van der Waals surface area contributed by atoms with Gasteiger partial charge >= 0.3 is 0 Å². The number of nitrogens with zero attached hydrogens (tertiary/aromatic N) is 1. The van der Waals surface area contributed by atoms with Crippen molar-refractivity contribution in [2.75, 3.05) is 13.2 Å². The second kappa shape index (κ2) is 6.23. The van der Waals surface area contributed by atoms with E-state index in [-0.39, 0.29) is 12.5 Å². The first-order valence-corrected chi connectivity index (χ1v) is 7.49. The molecular formula is C15H19NO2S. The number of carbonyl (C=O) groups excluding carboxylic acids is 1. The van der Waals surface area contributed by atoms with E-state index in [1.807, 2.05) is 16.3 Å². The Bertz CT molecular complexity index is 512. The van der Waals surface area contributed by atoms with Crippen LogP contribution in [0.1, 0.15) is 41.9 Å². The molecule has 1 amide bonds. The Morgan fingerprint density at radius 3 is 3.05 bits per heavy atom. The van der Waals surface area contributed by atoms with Crippen molar-refractivity contribution in [2.24, 2.45) is 5.92 Å². The highest BCUT2D eigenvalue weighted by Crippen LogP contribution is 2.25. The van der Waals surface area contributed by atoms with Crippen molar-refractivity contribution in [1.82, 2.24) is 4.90 Å². The van der Waals surface area contributed by atoms with E-state index in [1.165, 1.54) is 11.3 Å². The molecule has 1 aliphatic rings. The number of hydrogen-bond donors (Lipinski definition) is 1. The number of thiophene rings is 1. The molecule has 2 atom stereocenters. The lowest BCUT2D eigenvalue weighted by molar-refractivity contribution is 0.0589. The molecule has 0 spiro atoms. The highest BCUT2D eigenvalue weighted by molar-refractivity contribution is 7.10. The zero-order valence-electron chi connectivity index (χ0n) is 11.3. The summed E-state index contributed by atoms with van der Waals surface area (Å²) in [7, 11) is 0. The second-order valence-corrected chi connectivity index (χ2v) is 6.05. The summed E-state index contributed by atoms with van der Waals surface area (Å²) in [5.41, 5.74) is 0.716. The van der Waals surface area contributed by atoms with E-state index < -0.39 is 0 Å². The summed E-state index contributed by atoms with van der Waals surface area (Å²) in [6, 6.07) is 2.13. The van der Waals surface area contributed by atoms with Crippen molar-refractivity contribution in [1.29, 1.82) is 0 Å². The third-order valence-electron chi connectivity index (χ3n) is 3.54. The Hall–Kier alpha value is -1.31. The molecule has 0 aliphatic carbocycles. The Kier molecular flexibility index (Phi) is 4.62. The third-order valence-corrected chi connectivity index (χ3v) is 4.38. The molecule has 2 rings (SSSR count). The van der Waals surface area contributed by atoms with Crippen LogP contribution in [-0.4, -0.2) is 35.1 Å². The van der Waals surface area contributed by atoms with Crippen LogP contribution in [0.2, 0.25) is 0 Å². The molecular weight excluding hydrogens is 258 g/mol. The number of carbonyl (C=O) groups is 1. The first kappa shape index (κ1) is 14.1. The van der Waals surface area contributed by atoms with E-state index in [0.717, 1.165) is 24.3 Å². The first-order chi connectivity index (χ1) is 9.11. The van der Waals surface area contributed by atoms with Gasteiger partial charge in [-0.05, 0) is 31.7 Å². The predicted octanol–water partition coefficient (Wildman–Crippen LogP) is 2.35. The third kappa shape index (κ3) is 3.37. The molecule has 1 fully saturated rings. The van der Waals surface area contributed by atoms with Crippen LogP contribution >= 0.6 is 11.3 Å². The Balaban J connectivity index is 2.09. The van der Waals surface area contributed by atoms with Crippen LogP contribution in [0.4, 0.5) is 0 Å². The van der Waals surface area contributed by atoms with Crippen molar-refractivity contribution in [2.45, 2.75) is 32.7 Å². The van der Waals surface area contributed by atoms with Crippen LogP contribution in [0.5, 0.6) is 0 Å². The van der Waals surface area contributed by atoms with E-state index in [4.69, 9.17) is 5.11 Å². The minimum absolute atomic E-state index is 0.104. The summed E-state index contributed by atoms with van der Waals surface area (Å²) in [6.45, 7) is 5.05. The van der Waals surface area contributed by atoms with E-state index in [9.17, 15) is 4.79 Å². The van der Waals surface area contributed by atoms with Crippen molar-refractivity contribution in [3.8, 4) is 11.8 Å². The molecule has 2 heterocycles. The lowest BCUT2D eigenvalue weighted by Gasteiger charge is -2.36. The minimum atomic E-state index is -0.151. The number of likely N-dealkylation sites (tertiary alicyclic amines) is 1. The monoisotopic (exact) mass is 277 g/mol. The van der Waals surface area contributed by atoms with E-state index in [2.05, 4.69) is 25.7 Å². The normalized spacial score (nSPS) is 22.8. The molecule has 0 radical (unpaired) electrons. The van der Waals surface area contributed by atoms with Crippen LogP contribution < -0.4 is 0 Å². The molecule has 19 heavy (non-hydrogen) atoms. The van der Waals surface area contributed by atoms with Gasteiger partial charge in [-0.15, -0.1) is 11.3 Å². The smallest absolute Gasteiger partial charge is 0.254 e. The molecule has 0 aromatic carbocycles. The average Bonchev–Trinajstić information content (AvgIpc) is 2.84. The van der Waals surface area contributed by atoms with Gasteiger partial charge in [0.15, 0.2) is 0 Å². The molecule has 102 valence electrons. The van der Waals surface area contributed by atoms with Crippen LogP contribution in [0.15, 0.2) is 11.4 Å². The van der Waals surface area contributed by atoms with Gasteiger partial charge in [-0.1, -0.05) is 18.8 Å². The largest absolute Gasteiger partial charge is 0.384 e. The minimum Gasteiger partial charge on any atom is -0.384 e. The summed E-state index contributed by atoms with van der Waals surface area (Å²) in [6.07, 6.45) is 2.16. The maximum atomic E-state index is 12.4. The number of piperidine rings is 1. The molecule has 4 heteroatoms. The van der Waals surface area contributed by atoms with Gasteiger partial charge in [0.2, 0.25) is 0 Å². The fourth-order valence-electron chi connectivity index (χ4n) is 2.52. The Labute approximate surface area is 118 Å². The molecule has 1 aliphatic heterocycles. The molecule has 1 N–H and O–H groups in total. The maximum Gasteiger partial charge on any atom is 0.254 e. The van der Waals surface area contributed by atoms with Crippen molar-refractivity contribution in [3.05, 3.63) is 21.9 Å². The highest BCUT2D eigenvalue weighted by atomic mass is 32.1. The van der Waals surface area contributed by atoms with Crippen LogP contribution in [0.3, 0.4) is 0 Å². The van der Waals surface area contributed by atoms with Crippen LogP contribution in [0.25, 0.3) is 0 Å². The standard InChI is InChI=1S/C15H19NO2S/c1-11-5-6-16(12(2)8-11)15(18)13-9-14(19-10-13)4-3-7-17/h9-12,17H,5-8H2,1-2H3. The number of amides is 1. The van der Waals surface area contributed by atoms with E-state index in [1.54, 1.807) is 0 Å². The number of aliphatic hydroxyl groups is 1. The quantitative estimate of drug-likeness (QED) is 0.801. The summed E-state index contributed by atoms with van der Waals surface area (Å²) >= 11 is 1.45. The van der Waals surface area contributed by atoms with Gasteiger partial charge in [-0.2, -0.15) is 0 Å². The van der Waals surface area contributed by atoms with Crippen LogP contribution in [0, 0.1) is 17.8 Å². The summed E-state index contributed by atoms with van der Waals surface area (Å²) in [5.74, 6) is 6.25. The lowest BCUT2D eigenvalue weighted by atomic mass is 9.93. The van der Waals surface area contributed by atoms with Gasteiger partial charge in [0.05, 0.1) is 10.4 Å². The fraction of sp³-hybridized carbons (Fsp3) is 0.533. The maximum absolute atomic E-state index is 12.4.